The highest BCUT2D eigenvalue weighted by atomic mass is 16.5. The number of H-pyrrole nitrogens is 1. The van der Waals surface area contributed by atoms with Crippen molar-refractivity contribution in [1.29, 1.82) is 0 Å². The summed E-state index contributed by atoms with van der Waals surface area (Å²) in [7, 11) is 1.53. The number of nitrogens with one attached hydrogen (secondary N) is 1. The smallest absolute Gasteiger partial charge is 0.332 e. The van der Waals surface area contributed by atoms with Crippen molar-refractivity contribution in [3.8, 4) is 22.8 Å². The Morgan fingerprint density at radius 2 is 1.97 bits per heavy atom. The van der Waals surface area contributed by atoms with Gasteiger partial charge in [-0.2, -0.15) is 0 Å². The van der Waals surface area contributed by atoms with Crippen LogP contribution < -0.4 is 16.2 Å². The van der Waals surface area contributed by atoms with Gasteiger partial charge in [-0.15, -0.1) is 0 Å². The molecule has 2 heterocycles. The summed E-state index contributed by atoms with van der Waals surface area (Å²) in [6.07, 6.45) is 0. The fraction of sp³-hybridized carbons (Fsp3) is 0.100. The minimum Gasteiger partial charge on any atom is -0.497 e. The summed E-state index contributed by atoms with van der Waals surface area (Å²) < 4.78 is 6.56. The first-order valence-corrected chi connectivity index (χ1v) is 8.69. The molecule has 2 aromatic heterocycles. The predicted octanol–water partition coefficient (Wildman–Crippen LogP) is 1.38. The number of primary amides is 1. The molecule has 0 spiro atoms. The molecule has 0 saturated heterocycles. The molecule has 2 aromatic carbocycles. The Hall–Kier alpha value is -3.98. The Kier molecular flexibility index (Phi) is 4.57. The van der Waals surface area contributed by atoms with Crippen LogP contribution >= 0.6 is 0 Å². The van der Waals surface area contributed by atoms with E-state index in [1.54, 1.807) is 48.5 Å². The zero-order valence-corrected chi connectivity index (χ0v) is 15.4. The van der Waals surface area contributed by atoms with E-state index in [-0.39, 0.29) is 29.3 Å². The van der Waals surface area contributed by atoms with Crippen molar-refractivity contribution in [2.24, 2.45) is 5.73 Å². The van der Waals surface area contributed by atoms with Gasteiger partial charge in [-0.05, 0) is 17.7 Å². The van der Waals surface area contributed by atoms with Crippen molar-refractivity contribution in [2.45, 2.75) is 6.61 Å². The molecule has 4 rings (SSSR count). The molecule has 0 aliphatic carbocycles. The second-order valence-electron chi connectivity index (χ2n) is 6.28. The van der Waals surface area contributed by atoms with Crippen LogP contribution in [0, 0.1) is 0 Å². The number of rotatable bonds is 5. The maximum Gasteiger partial charge on any atom is 0.332 e. The van der Waals surface area contributed by atoms with Crippen LogP contribution in [0.3, 0.4) is 0 Å². The number of aliphatic hydroxyl groups is 1. The number of benzene rings is 2. The molecular formula is C20H17N5O4. The van der Waals surface area contributed by atoms with Crippen LogP contribution in [0.2, 0.25) is 0 Å². The third kappa shape index (κ3) is 3.23. The largest absolute Gasteiger partial charge is 0.497 e. The molecule has 0 atom stereocenters. The number of nitrogens with two attached hydrogens (primary N) is 1. The van der Waals surface area contributed by atoms with E-state index in [9.17, 15) is 14.7 Å². The van der Waals surface area contributed by atoms with E-state index in [2.05, 4.69) is 15.0 Å². The van der Waals surface area contributed by atoms with Crippen LogP contribution in [0.1, 0.15) is 16.1 Å². The summed E-state index contributed by atoms with van der Waals surface area (Å²) >= 11 is 0. The van der Waals surface area contributed by atoms with Gasteiger partial charge in [-0.3, -0.25) is 4.79 Å². The van der Waals surface area contributed by atoms with E-state index in [4.69, 9.17) is 10.5 Å². The average Bonchev–Trinajstić information content (AvgIpc) is 3.08. The molecule has 0 radical (unpaired) electrons. The number of fused-ring (bicyclic) bond motifs is 1. The zero-order chi connectivity index (χ0) is 20.5. The van der Waals surface area contributed by atoms with Crippen molar-refractivity contribution < 1.29 is 14.6 Å². The lowest BCUT2D eigenvalue weighted by Crippen LogP contribution is -2.15. The van der Waals surface area contributed by atoms with Gasteiger partial charge in [0, 0.05) is 11.6 Å². The van der Waals surface area contributed by atoms with Crippen molar-refractivity contribution in [2.75, 3.05) is 7.11 Å². The van der Waals surface area contributed by atoms with Gasteiger partial charge in [-0.1, -0.05) is 30.3 Å². The first-order valence-electron chi connectivity index (χ1n) is 8.69. The SMILES string of the molecule is COc1cccc(-n2c(=O)[nH]c3c(C(N)=O)nc(-c4ccc(CO)cc4)nc32)c1. The van der Waals surface area contributed by atoms with E-state index in [0.29, 0.717) is 17.0 Å². The Bertz CT molecular complexity index is 1270. The van der Waals surface area contributed by atoms with Crippen molar-refractivity contribution in [1.82, 2.24) is 19.5 Å². The lowest BCUT2D eigenvalue weighted by Gasteiger charge is -2.08. The molecule has 0 aliphatic heterocycles. The normalized spacial score (nSPS) is 11.0. The van der Waals surface area contributed by atoms with E-state index < -0.39 is 11.6 Å². The van der Waals surface area contributed by atoms with E-state index >= 15 is 0 Å². The number of aromatic amines is 1. The van der Waals surface area contributed by atoms with Crippen LogP contribution in [0.5, 0.6) is 5.75 Å². The lowest BCUT2D eigenvalue weighted by molar-refractivity contribution is 0.0997. The summed E-state index contributed by atoms with van der Waals surface area (Å²) in [5, 5.41) is 9.22. The molecule has 4 aromatic rings. The minimum absolute atomic E-state index is 0.0880. The number of aliphatic hydroxyl groups excluding tert-OH is 1. The summed E-state index contributed by atoms with van der Waals surface area (Å²) in [5.41, 5.74) is 7.14. The third-order valence-electron chi connectivity index (χ3n) is 4.48. The van der Waals surface area contributed by atoms with Crippen LogP contribution in [0.15, 0.2) is 53.3 Å². The van der Waals surface area contributed by atoms with Gasteiger partial charge in [0.05, 0.1) is 19.4 Å². The zero-order valence-electron chi connectivity index (χ0n) is 15.4. The molecule has 9 nitrogen and oxygen atoms in total. The summed E-state index contributed by atoms with van der Waals surface area (Å²) in [6, 6.07) is 13.8. The first-order chi connectivity index (χ1) is 14.0. The fourth-order valence-corrected chi connectivity index (χ4v) is 3.04. The fourth-order valence-electron chi connectivity index (χ4n) is 3.04. The van der Waals surface area contributed by atoms with Gasteiger partial charge in [-0.25, -0.2) is 19.3 Å². The highest BCUT2D eigenvalue weighted by Crippen LogP contribution is 2.23. The quantitative estimate of drug-likeness (QED) is 0.470. The number of carbonyl (C=O) groups excluding carboxylic acids is 1. The monoisotopic (exact) mass is 391 g/mol. The maximum absolute atomic E-state index is 12.7. The Morgan fingerprint density at radius 3 is 2.62 bits per heavy atom. The maximum atomic E-state index is 12.7. The third-order valence-corrected chi connectivity index (χ3v) is 4.48. The second-order valence-corrected chi connectivity index (χ2v) is 6.28. The Balaban J connectivity index is 2.00. The van der Waals surface area contributed by atoms with Gasteiger partial charge >= 0.3 is 5.69 Å². The predicted molar refractivity (Wildman–Crippen MR) is 106 cm³/mol. The number of carbonyl (C=O) groups is 1. The van der Waals surface area contributed by atoms with Gasteiger partial charge in [0.25, 0.3) is 5.91 Å². The minimum atomic E-state index is -0.787. The lowest BCUT2D eigenvalue weighted by atomic mass is 10.1. The number of amides is 1. The molecule has 1 amide bonds. The van der Waals surface area contributed by atoms with E-state index in [0.717, 1.165) is 5.56 Å². The number of hydrogen-bond donors (Lipinski definition) is 3. The second kappa shape index (κ2) is 7.21. The van der Waals surface area contributed by atoms with Crippen molar-refractivity contribution in [3.63, 3.8) is 0 Å². The number of aromatic nitrogens is 4. The highest BCUT2D eigenvalue weighted by Gasteiger charge is 2.20. The molecule has 29 heavy (non-hydrogen) atoms. The molecular weight excluding hydrogens is 374 g/mol. The number of hydrogen-bond acceptors (Lipinski definition) is 6. The van der Waals surface area contributed by atoms with E-state index in [1.807, 2.05) is 0 Å². The first kappa shape index (κ1) is 18.4. The summed E-state index contributed by atoms with van der Waals surface area (Å²) in [5.74, 6) is 0.00357. The van der Waals surface area contributed by atoms with Gasteiger partial charge < -0.3 is 20.6 Å². The topological polar surface area (TPSA) is 136 Å². The Morgan fingerprint density at radius 1 is 1.21 bits per heavy atom. The van der Waals surface area contributed by atoms with Crippen molar-refractivity contribution >= 4 is 17.1 Å². The van der Waals surface area contributed by atoms with E-state index in [1.165, 1.54) is 11.7 Å². The molecule has 0 saturated carbocycles. The van der Waals surface area contributed by atoms with Crippen LogP contribution in [0.25, 0.3) is 28.2 Å². The van der Waals surface area contributed by atoms with Gasteiger partial charge in [0.1, 0.15) is 11.3 Å². The summed E-state index contributed by atoms with van der Waals surface area (Å²) in [4.78, 5) is 36.0. The molecule has 4 N–H and O–H groups in total. The van der Waals surface area contributed by atoms with Crippen LogP contribution in [-0.2, 0) is 6.61 Å². The Labute approximate surface area is 164 Å². The van der Waals surface area contributed by atoms with Gasteiger partial charge in [0.2, 0.25) is 0 Å². The van der Waals surface area contributed by atoms with Gasteiger partial charge in [0.15, 0.2) is 17.2 Å². The molecule has 9 heteroatoms. The molecule has 0 fully saturated rings. The average molecular weight is 391 g/mol. The standard InChI is InChI=1S/C20H17N5O4/c1-29-14-4-2-3-13(9-14)25-19-16(23-20(25)28)15(17(21)27)22-18(24-19)12-7-5-11(10-26)6-8-12/h2-9,26H,10H2,1H3,(H2,21,27)(H,23,28). The molecule has 0 bridgehead atoms. The molecule has 146 valence electrons. The number of nitrogens with zero attached hydrogens (tertiary/aromatic N) is 3. The number of imidazole rings is 1. The van der Waals surface area contributed by atoms with Crippen molar-refractivity contribution in [3.05, 3.63) is 70.3 Å². The summed E-state index contributed by atoms with van der Waals surface area (Å²) in [6.45, 7) is -0.0973. The molecule has 0 aliphatic rings. The number of ether oxygens (including phenoxy) is 1. The highest BCUT2D eigenvalue weighted by molar-refractivity contribution is 6.02. The molecule has 0 unspecified atom stereocenters. The number of methoxy groups -OCH3 is 1. The van der Waals surface area contributed by atoms with Crippen LogP contribution in [0.4, 0.5) is 0 Å². The van der Waals surface area contributed by atoms with Crippen LogP contribution in [-0.4, -0.2) is 37.6 Å².